The number of sulfone groups is 1. The third-order valence-corrected chi connectivity index (χ3v) is 7.42. The fourth-order valence-corrected chi connectivity index (χ4v) is 5.32. The zero-order valence-electron chi connectivity index (χ0n) is 17.1. The van der Waals surface area contributed by atoms with Crippen molar-refractivity contribution in [2.45, 2.75) is 44.7 Å². The molecule has 2 aliphatic rings. The highest BCUT2D eigenvalue weighted by Crippen LogP contribution is 2.28. The van der Waals surface area contributed by atoms with Gasteiger partial charge in [-0.05, 0) is 13.3 Å². The Balaban J connectivity index is 1.32. The van der Waals surface area contributed by atoms with Gasteiger partial charge in [0.2, 0.25) is 0 Å². The van der Waals surface area contributed by atoms with Gasteiger partial charge >= 0.3 is 0 Å². The number of aromatic nitrogens is 4. The van der Waals surface area contributed by atoms with E-state index in [4.69, 9.17) is 4.52 Å². The van der Waals surface area contributed by atoms with E-state index in [1.807, 2.05) is 4.90 Å². The Kier molecular flexibility index (Phi) is 6.10. The molecule has 0 spiro atoms. The summed E-state index contributed by atoms with van der Waals surface area (Å²) in [6.45, 7) is 3.44. The van der Waals surface area contributed by atoms with Crippen LogP contribution in [0.2, 0.25) is 0 Å². The van der Waals surface area contributed by atoms with Gasteiger partial charge in [0.25, 0.3) is 5.91 Å². The smallest absolute Gasteiger partial charge is 0.273 e. The molecule has 2 aromatic rings. The molecule has 0 radical (unpaired) electrons. The van der Waals surface area contributed by atoms with E-state index in [0.29, 0.717) is 44.1 Å². The fourth-order valence-electron chi connectivity index (χ4n) is 4.04. The van der Waals surface area contributed by atoms with Crippen molar-refractivity contribution in [2.75, 3.05) is 24.6 Å². The molecule has 4 rings (SSSR count). The molecule has 1 aliphatic carbocycles. The number of nitrogens with zero attached hydrogens (tertiary/aromatic N) is 5. The van der Waals surface area contributed by atoms with Crippen molar-refractivity contribution >= 4 is 15.7 Å². The van der Waals surface area contributed by atoms with Crippen LogP contribution in [0.1, 0.15) is 28.4 Å². The predicted octanol–water partition coefficient (Wildman–Crippen LogP) is -1.65. The zero-order chi connectivity index (χ0) is 22.2. The van der Waals surface area contributed by atoms with Crippen molar-refractivity contribution in [1.82, 2.24) is 30.4 Å². The van der Waals surface area contributed by atoms with Crippen LogP contribution in [0.15, 0.2) is 16.8 Å². The van der Waals surface area contributed by atoms with Gasteiger partial charge in [0.15, 0.2) is 15.5 Å². The number of hydrogen-bond acceptors (Lipinski definition) is 10. The first kappa shape index (κ1) is 21.9. The van der Waals surface area contributed by atoms with Gasteiger partial charge in [-0.3, -0.25) is 14.4 Å². The lowest BCUT2D eigenvalue weighted by Crippen LogP contribution is -2.43. The molecule has 3 heterocycles. The molecule has 2 aromatic heterocycles. The number of rotatable bonds is 6. The minimum absolute atomic E-state index is 0.120. The van der Waals surface area contributed by atoms with Crippen LogP contribution in [-0.2, 0) is 22.9 Å². The molecule has 1 saturated carbocycles. The fraction of sp³-hybridized carbons (Fsp3) is 0.667. The Hall–Kier alpha value is -2.35. The Morgan fingerprint density at radius 1 is 1.29 bits per heavy atom. The highest BCUT2D eigenvalue weighted by Gasteiger charge is 2.42. The number of hydrogen-bond donors (Lipinski definition) is 3. The highest BCUT2D eigenvalue weighted by molar-refractivity contribution is 7.91. The van der Waals surface area contributed by atoms with Crippen LogP contribution in [-0.4, -0.2) is 92.4 Å². The van der Waals surface area contributed by atoms with E-state index < -0.39 is 34.0 Å². The van der Waals surface area contributed by atoms with Gasteiger partial charge in [0.05, 0.1) is 29.3 Å². The zero-order valence-corrected chi connectivity index (χ0v) is 17.9. The van der Waals surface area contributed by atoms with Crippen LogP contribution in [0.3, 0.4) is 0 Å². The standard InChI is InChI=1S/C18H26N6O6S/c1-11-6-15(21-30-11)18(27)19-14-7-12(16(25)17(14)26)8-24-10-13(20-22-24)9-23-2-4-31(28,29)5-3-23/h6,10,12,14,16-17,25-26H,2-5,7-9H2,1H3,(H,19,27). The second-order valence-electron chi connectivity index (χ2n) is 8.24. The molecule has 4 atom stereocenters. The normalized spacial score (nSPS) is 28.6. The van der Waals surface area contributed by atoms with Crippen LogP contribution in [0.4, 0.5) is 0 Å². The summed E-state index contributed by atoms with van der Waals surface area (Å²) in [5.41, 5.74) is 0.827. The Morgan fingerprint density at radius 3 is 2.71 bits per heavy atom. The summed E-state index contributed by atoms with van der Waals surface area (Å²) in [4.78, 5) is 14.3. The topological polar surface area (TPSA) is 164 Å². The van der Waals surface area contributed by atoms with Crippen LogP contribution in [0.25, 0.3) is 0 Å². The maximum Gasteiger partial charge on any atom is 0.273 e. The van der Waals surface area contributed by atoms with Gasteiger partial charge in [-0.2, -0.15) is 0 Å². The van der Waals surface area contributed by atoms with Crippen molar-refractivity contribution in [2.24, 2.45) is 5.92 Å². The number of aryl methyl sites for hydroxylation is 1. The molecule has 4 unspecified atom stereocenters. The molecule has 31 heavy (non-hydrogen) atoms. The number of nitrogens with one attached hydrogen (secondary N) is 1. The van der Waals surface area contributed by atoms with E-state index in [2.05, 4.69) is 20.8 Å². The van der Waals surface area contributed by atoms with Crippen molar-refractivity contribution in [1.29, 1.82) is 0 Å². The number of amides is 1. The van der Waals surface area contributed by atoms with E-state index >= 15 is 0 Å². The summed E-state index contributed by atoms with van der Waals surface area (Å²) in [6, 6.07) is 0.877. The molecule has 12 nitrogen and oxygen atoms in total. The van der Waals surface area contributed by atoms with Crippen LogP contribution in [0, 0.1) is 12.8 Å². The Morgan fingerprint density at radius 2 is 2.03 bits per heavy atom. The maximum atomic E-state index is 12.3. The van der Waals surface area contributed by atoms with Crippen molar-refractivity contribution in [3.05, 3.63) is 29.4 Å². The van der Waals surface area contributed by atoms with E-state index in [-0.39, 0.29) is 23.1 Å². The Labute approximate surface area is 179 Å². The van der Waals surface area contributed by atoms with E-state index in [1.54, 1.807) is 17.8 Å². The third-order valence-electron chi connectivity index (χ3n) is 5.81. The molecule has 2 fully saturated rings. The largest absolute Gasteiger partial charge is 0.390 e. The minimum Gasteiger partial charge on any atom is -0.390 e. The molecule has 13 heteroatoms. The van der Waals surface area contributed by atoms with Gasteiger partial charge in [-0.15, -0.1) is 5.10 Å². The summed E-state index contributed by atoms with van der Waals surface area (Å²) in [5, 5.41) is 35.4. The van der Waals surface area contributed by atoms with E-state index in [1.165, 1.54) is 6.07 Å². The molecular weight excluding hydrogens is 428 g/mol. The number of carbonyl (C=O) groups is 1. The van der Waals surface area contributed by atoms with Crippen molar-refractivity contribution in [3.8, 4) is 0 Å². The SMILES string of the molecule is Cc1cc(C(=O)NC2CC(Cn3cc(CN4CCS(=O)(=O)CC4)nn3)C(O)C2O)no1. The first-order valence-electron chi connectivity index (χ1n) is 10.1. The first-order chi connectivity index (χ1) is 14.7. The highest BCUT2D eigenvalue weighted by atomic mass is 32.2. The monoisotopic (exact) mass is 454 g/mol. The summed E-state index contributed by atoms with van der Waals surface area (Å²) in [5.74, 6) is 0.000335. The average molecular weight is 455 g/mol. The minimum atomic E-state index is -2.93. The van der Waals surface area contributed by atoms with Crippen LogP contribution in [0.5, 0.6) is 0 Å². The molecule has 3 N–H and O–H groups in total. The lowest BCUT2D eigenvalue weighted by molar-refractivity contribution is 0.00757. The van der Waals surface area contributed by atoms with Gasteiger partial charge in [0, 0.05) is 44.4 Å². The summed E-state index contributed by atoms with van der Waals surface area (Å²) < 4.78 is 29.6. The van der Waals surface area contributed by atoms with E-state index in [9.17, 15) is 23.4 Å². The second-order valence-corrected chi connectivity index (χ2v) is 10.5. The van der Waals surface area contributed by atoms with Gasteiger partial charge < -0.3 is 20.1 Å². The molecule has 170 valence electrons. The van der Waals surface area contributed by atoms with E-state index in [0.717, 1.165) is 0 Å². The van der Waals surface area contributed by atoms with Crippen molar-refractivity contribution in [3.63, 3.8) is 0 Å². The predicted molar refractivity (Wildman–Crippen MR) is 107 cm³/mol. The molecule has 1 saturated heterocycles. The lowest BCUT2D eigenvalue weighted by Gasteiger charge is -2.25. The first-order valence-corrected chi connectivity index (χ1v) is 11.9. The summed E-state index contributed by atoms with van der Waals surface area (Å²) >= 11 is 0. The summed E-state index contributed by atoms with van der Waals surface area (Å²) in [6.07, 6.45) is -0.0133. The Bertz CT molecular complexity index is 1020. The molecule has 1 aliphatic heterocycles. The number of aliphatic hydroxyl groups is 2. The van der Waals surface area contributed by atoms with Gasteiger partial charge in [-0.1, -0.05) is 10.4 Å². The van der Waals surface area contributed by atoms with Gasteiger partial charge in [0.1, 0.15) is 11.9 Å². The van der Waals surface area contributed by atoms with Crippen molar-refractivity contribution < 1.29 is 27.9 Å². The molecule has 0 bridgehead atoms. The molecular formula is C18H26N6O6S. The molecule has 0 aromatic carbocycles. The van der Waals surface area contributed by atoms with Crippen LogP contribution >= 0.6 is 0 Å². The summed E-state index contributed by atoms with van der Waals surface area (Å²) in [7, 11) is -2.93. The maximum absolute atomic E-state index is 12.3. The van der Waals surface area contributed by atoms with Gasteiger partial charge in [-0.25, -0.2) is 8.42 Å². The average Bonchev–Trinajstić information content (AvgIpc) is 3.41. The number of aliphatic hydroxyl groups excluding tert-OH is 2. The third kappa shape index (κ3) is 5.11. The van der Waals surface area contributed by atoms with Crippen LogP contribution < -0.4 is 5.32 Å². The number of carbonyl (C=O) groups excluding carboxylic acids is 1. The quantitative estimate of drug-likeness (QED) is 0.460. The second kappa shape index (κ2) is 8.65. The molecule has 1 amide bonds. The lowest BCUT2D eigenvalue weighted by atomic mass is 10.1.